The molecule has 1 aromatic rings. The molecule has 1 atom stereocenters. The van der Waals surface area contributed by atoms with Crippen LogP contribution in [0.1, 0.15) is 63.4 Å². The van der Waals surface area contributed by atoms with Gasteiger partial charge >= 0.3 is 0 Å². The largest absolute Gasteiger partial charge is 0.316 e. The Labute approximate surface area is 124 Å². The molecule has 2 aliphatic rings. The number of nitrogens with one attached hydrogen (secondary N) is 1. The van der Waals surface area contributed by atoms with Crippen molar-refractivity contribution >= 4 is 0 Å². The minimum absolute atomic E-state index is 0.392. The van der Waals surface area contributed by atoms with Gasteiger partial charge in [-0.05, 0) is 44.2 Å². The Morgan fingerprint density at radius 1 is 0.950 bits per heavy atom. The summed E-state index contributed by atoms with van der Waals surface area (Å²) in [5.74, 6) is 0.887. The molecule has 20 heavy (non-hydrogen) atoms. The number of rotatable bonds is 4. The molecule has 1 heteroatoms. The van der Waals surface area contributed by atoms with Gasteiger partial charge in [0.1, 0.15) is 0 Å². The highest BCUT2D eigenvalue weighted by molar-refractivity contribution is 5.29. The summed E-state index contributed by atoms with van der Waals surface area (Å²) in [6.45, 7) is 0. The maximum absolute atomic E-state index is 3.75. The average molecular weight is 271 g/mol. The molecule has 2 fully saturated rings. The molecule has 2 aliphatic carbocycles. The fraction of sp³-hybridized carbons (Fsp3) is 0.684. The molecular formula is C19H29N. The predicted molar refractivity (Wildman–Crippen MR) is 86.0 cm³/mol. The lowest BCUT2D eigenvalue weighted by Gasteiger charge is -2.47. The molecule has 0 spiro atoms. The minimum atomic E-state index is 0.392. The molecule has 1 aromatic carbocycles. The number of likely N-dealkylation sites (N-methyl/N-ethyl adjacent to an activating group) is 1. The second-order valence-electron chi connectivity index (χ2n) is 6.89. The average Bonchev–Trinajstić information content (AvgIpc) is 3.04. The predicted octanol–water partition coefficient (Wildman–Crippen LogP) is 4.67. The van der Waals surface area contributed by atoms with Gasteiger partial charge < -0.3 is 5.32 Å². The maximum Gasteiger partial charge on any atom is 0.0189 e. The summed E-state index contributed by atoms with van der Waals surface area (Å²) in [5.41, 5.74) is 1.98. The Balaban J connectivity index is 1.95. The Morgan fingerprint density at radius 3 is 2.20 bits per heavy atom. The highest BCUT2D eigenvalue weighted by atomic mass is 14.9. The van der Waals surface area contributed by atoms with Crippen LogP contribution in [-0.2, 0) is 5.41 Å². The van der Waals surface area contributed by atoms with E-state index in [2.05, 4.69) is 42.7 Å². The van der Waals surface area contributed by atoms with E-state index in [0.717, 1.165) is 5.92 Å². The van der Waals surface area contributed by atoms with Gasteiger partial charge in [-0.15, -0.1) is 0 Å². The highest BCUT2D eigenvalue weighted by Crippen LogP contribution is 2.47. The SMILES string of the molecule is CNC(C1CCCC1)C1(c2ccccc2)CCCCC1. The molecule has 110 valence electrons. The van der Waals surface area contributed by atoms with E-state index < -0.39 is 0 Å². The van der Waals surface area contributed by atoms with E-state index in [0.29, 0.717) is 11.5 Å². The highest BCUT2D eigenvalue weighted by Gasteiger charge is 2.44. The van der Waals surface area contributed by atoms with Crippen molar-refractivity contribution < 1.29 is 0 Å². The van der Waals surface area contributed by atoms with Crippen molar-refractivity contribution in [1.29, 1.82) is 0 Å². The monoisotopic (exact) mass is 271 g/mol. The van der Waals surface area contributed by atoms with E-state index in [1.165, 1.54) is 57.8 Å². The van der Waals surface area contributed by atoms with Crippen LogP contribution in [0.3, 0.4) is 0 Å². The normalized spacial score (nSPS) is 24.6. The Morgan fingerprint density at radius 2 is 1.60 bits per heavy atom. The molecule has 1 unspecified atom stereocenters. The Bertz CT molecular complexity index is 399. The van der Waals surface area contributed by atoms with E-state index >= 15 is 0 Å². The summed E-state index contributed by atoms with van der Waals surface area (Å²) in [5, 5.41) is 3.75. The van der Waals surface area contributed by atoms with Gasteiger partial charge in [-0.3, -0.25) is 0 Å². The fourth-order valence-corrected chi connectivity index (χ4v) is 4.99. The van der Waals surface area contributed by atoms with E-state index in [9.17, 15) is 0 Å². The van der Waals surface area contributed by atoms with Crippen molar-refractivity contribution in [3.63, 3.8) is 0 Å². The third kappa shape index (κ3) is 2.53. The van der Waals surface area contributed by atoms with Crippen LogP contribution in [0.25, 0.3) is 0 Å². The summed E-state index contributed by atoms with van der Waals surface area (Å²) in [6, 6.07) is 12.0. The van der Waals surface area contributed by atoms with Crippen LogP contribution < -0.4 is 5.32 Å². The lowest BCUT2D eigenvalue weighted by atomic mass is 9.61. The van der Waals surface area contributed by atoms with Crippen LogP contribution >= 0.6 is 0 Å². The summed E-state index contributed by atoms with van der Waals surface area (Å²) in [7, 11) is 2.20. The summed E-state index contributed by atoms with van der Waals surface area (Å²) < 4.78 is 0. The Kier molecular flexibility index (Phi) is 4.45. The molecular weight excluding hydrogens is 242 g/mol. The van der Waals surface area contributed by atoms with Crippen LogP contribution in [0, 0.1) is 5.92 Å². The van der Waals surface area contributed by atoms with Gasteiger partial charge in [-0.25, -0.2) is 0 Å². The standard InChI is InChI=1S/C19H29N/c1-20-18(16-10-6-7-11-16)19(14-8-3-9-15-19)17-12-4-2-5-13-17/h2,4-5,12-13,16,18,20H,3,6-11,14-15H2,1H3. The van der Waals surface area contributed by atoms with Gasteiger partial charge in [0.15, 0.2) is 0 Å². The zero-order valence-corrected chi connectivity index (χ0v) is 12.9. The van der Waals surface area contributed by atoms with Crippen LogP contribution in [0.2, 0.25) is 0 Å². The van der Waals surface area contributed by atoms with Gasteiger partial charge in [0.25, 0.3) is 0 Å². The van der Waals surface area contributed by atoms with Gasteiger partial charge in [-0.1, -0.05) is 62.4 Å². The second kappa shape index (κ2) is 6.30. The zero-order chi connectivity index (χ0) is 13.8. The van der Waals surface area contributed by atoms with Crippen molar-refractivity contribution in [1.82, 2.24) is 5.32 Å². The molecule has 0 aromatic heterocycles. The maximum atomic E-state index is 3.75. The van der Waals surface area contributed by atoms with Crippen molar-refractivity contribution in [2.24, 2.45) is 5.92 Å². The lowest BCUT2D eigenvalue weighted by Crippen LogP contribution is -2.52. The van der Waals surface area contributed by atoms with Crippen molar-refractivity contribution in [3.8, 4) is 0 Å². The first-order valence-electron chi connectivity index (χ1n) is 8.59. The van der Waals surface area contributed by atoms with Gasteiger partial charge in [-0.2, -0.15) is 0 Å². The van der Waals surface area contributed by atoms with Crippen molar-refractivity contribution in [3.05, 3.63) is 35.9 Å². The van der Waals surface area contributed by atoms with Crippen LogP contribution in [0.15, 0.2) is 30.3 Å². The summed E-state index contributed by atoms with van der Waals surface area (Å²) in [6.07, 6.45) is 12.7. The number of benzene rings is 1. The molecule has 3 rings (SSSR count). The summed E-state index contributed by atoms with van der Waals surface area (Å²) in [4.78, 5) is 0. The van der Waals surface area contributed by atoms with E-state index in [4.69, 9.17) is 0 Å². The fourth-order valence-electron chi connectivity index (χ4n) is 4.99. The first-order valence-corrected chi connectivity index (χ1v) is 8.59. The third-order valence-electron chi connectivity index (χ3n) is 5.87. The van der Waals surface area contributed by atoms with E-state index in [-0.39, 0.29) is 0 Å². The molecule has 0 saturated heterocycles. The first kappa shape index (κ1) is 14.1. The smallest absolute Gasteiger partial charge is 0.0189 e. The molecule has 0 radical (unpaired) electrons. The van der Waals surface area contributed by atoms with Crippen LogP contribution in [0.5, 0.6) is 0 Å². The summed E-state index contributed by atoms with van der Waals surface area (Å²) >= 11 is 0. The van der Waals surface area contributed by atoms with Crippen LogP contribution in [0.4, 0.5) is 0 Å². The topological polar surface area (TPSA) is 12.0 Å². The molecule has 0 amide bonds. The quantitative estimate of drug-likeness (QED) is 0.839. The third-order valence-corrected chi connectivity index (χ3v) is 5.87. The van der Waals surface area contributed by atoms with Crippen molar-refractivity contribution in [2.75, 3.05) is 7.05 Å². The Hall–Kier alpha value is -0.820. The van der Waals surface area contributed by atoms with Crippen molar-refractivity contribution in [2.45, 2.75) is 69.2 Å². The second-order valence-corrected chi connectivity index (χ2v) is 6.89. The van der Waals surface area contributed by atoms with E-state index in [1.54, 1.807) is 5.56 Å². The minimum Gasteiger partial charge on any atom is -0.316 e. The molecule has 0 heterocycles. The lowest BCUT2D eigenvalue weighted by molar-refractivity contribution is 0.169. The van der Waals surface area contributed by atoms with Gasteiger partial charge in [0.2, 0.25) is 0 Å². The number of hydrogen-bond acceptors (Lipinski definition) is 1. The first-order chi connectivity index (χ1) is 9.87. The van der Waals surface area contributed by atoms with E-state index in [1.807, 2.05) is 0 Å². The number of hydrogen-bond donors (Lipinski definition) is 1. The zero-order valence-electron chi connectivity index (χ0n) is 12.9. The molecule has 2 saturated carbocycles. The van der Waals surface area contributed by atoms with Gasteiger partial charge in [0, 0.05) is 11.5 Å². The molecule has 1 nitrogen and oxygen atoms in total. The molecule has 0 bridgehead atoms. The molecule has 1 N–H and O–H groups in total. The molecule has 0 aliphatic heterocycles. The van der Waals surface area contributed by atoms with Gasteiger partial charge in [0.05, 0.1) is 0 Å². The van der Waals surface area contributed by atoms with Crippen LogP contribution in [-0.4, -0.2) is 13.1 Å².